The first-order valence-electron chi connectivity index (χ1n) is 26.3. The Labute approximate surface area is 497 Å². The molecule has 422 valence electrons. The van der Waals surface area contributed by atoms with Crippen molar-refractivity contribution in [3.05, 3.63) is 192 Å². The summed E-state index contributed by atoms with van der Waals surface area (Å²) in [5.41, 5.74) is 5.77. The zero-order valence-electron chi connectivity index (χ0n) is 45.4. The predicted molar refractivity (Wildman–Crippen MR) is 324 cm³/mol. The lowest BCUT2D eigenvalue weighted by atomic mass is 9.99. The second-order valence-corrected chi connectivity index (χ2v) is 22.6. The second kappa shape index (κ2) is 24.4. The van der Waals surface area contributed by atoms with Crippen LogP contribution in [-0.4, -0.2) is 112 Å². The lowest BCUT2D eigenvalue weighted by Crippen LogP contribution is -2.44. The second-order valence-electron chi connectivity index (χ2n) is 20.0. The quantitative estimate of drug-likeness (QED) is 0.130. The Kier molecular flexibility index (Phi) is 17.1. The summed E-state index contributed by atoms with van der Waals surface area (Å²) in [7, 11) is 4.73. The highest BCUT2D eigenvalue weighted by molar-refractivity contribution is 9.11. The molecule has 0 saturated carbocycles. The van der Waals surface area contributed by atoms with Gasteiger partial charge in [-0.1, -0.05) is 52.6 Å². The van der Waals surface area contributed by atoms with Crippen LogP contribution in [-0.2, 0) is 13.1 Å². The average Bonchev–Trinajstić information content (AvgIpc) is 3.87. The van der Waals surface area contributed by atoms with Crippen LogP contribution in [0.1, 0.15) is 72.9 Å². The molecule has 0 radical (unpaired) electrons. The maximum Gasteiger partial charge on any atom is 0.264 e. The van der Waals surface area contributed by atoms with Crippen LogP contribution >= 0.6 is 55.1 Å². The van der Waals surface area contributed by atoms with Crippen molar-refractivity contribution < 1.29 is 33.1 Å². The monoisotopic (exact) mass is 1270 g/mol. The number of ether oxygens (including phenoxy) is 3. The van der Waals surface area contributed by atoms with E-state index in [2.05, 4.69) is 42.0 Å². The number of nitrogens with zero attached hydrogens (tertiary/aromatic N) is 6. The van der Waals surface area contributed by atoms with Gasteiger partial charge in [0.05, 0.1) is 71.2 Å². The van der Waals surface area contributed by atoms with Gasteiger partial charge in [-0.3, -0.25) is 28.8 Å². The molecule has 7 heterocycles. The fourth-order valence-corrected chi connectivity index (χ4v) is 11.2. The van der Waals surface area contributed by atoms with Gasteiger partial charge in [0.15, 0.2) is 0 Å². The summed E-state index contributed by atoms with van der Waals surface area (Å²) in [6, 6.07) is 30.7. The number of carbonyl (C=O) groups excluding carboxylic acids is 3. The average molecular weight is 1280 g/mol. The number of likely N-dealkylation sites (tertiary alicyclic amines) is 3. The first kappa shape index (κ1) is 57.5. The number of pyridine rings is 3. The number of halogens is 4. The Morgan fingerprint density at radius 2 is 0.976 bits per heavy atom. The number of rotatable bonds is 11. The van der Waals surface area contributed by atoms with Gasteiger partial charge in [0.25, 0.3) is 34.4 Å². The van der Waals surface area contributed by atoms with Gasteiger partial charge in [-0.05, 0) is 137 Å². The molecule has 1 N–H and O–H groups in total. The molecule has 3 aliphatic heterocycles. The molecule has 3 amide bonds. The SMILES string of the molecule is COc1cc2[nH]c(=O)c(C(=O)N3CCC3)cc2cc1Br.COc1cc2c(cc1-c1c(C)noc1C)cc(C(=O)N1CCC1)c(=O)n2Cc1ccc(Cl)cc1.COc1cc2c(cc1Br)cc(C(=O)N1CCC1)c(=O)n2Cc1ccc(Cl)cc1. The summed E-state index contributed by atoms with van der Waals surface area (Å²) in [5.74, 6) is 1.86. The van der Waals surface area contributed by atoms with Gasteiger partial charge in [0, 0.05) is 89.2 Å². The number of carbonyl (C=O) groups is 3. The van der Waals surface area contributed by atoms with Gasteiger partial charge in [0.2, 0.25) is 0 Å². The van der Waals surface area contributed by atoms with Gasteiger partial charge >= 0.3 is 0 Å². The molecule has 0 spiro atoms. The number of H-pyrrole nitrogens is 1. The highest BCUT2D eigenvalue weighted by Gasteiger charge is 2.29. The summed E-state index contributed by atoms with van der Waals surface area (Å²) in [4.78, 5) is 84.8. The van der Waals surface area contributed by atoms with Crippen molar-refractivity contribution >= 4 is 105 Å². The number of aromatic amines is 1. The number of fused-ring (bicyclic) bond motifs is 3. The molecule has 21 heteroatoms. The van der Waals surface area contributed by atoms with Gasteiger partial charge in [-0.2, -0.15) is 0 Å². The zero-order valence-corrected chi connectivity index (χ0v) is 50.1. The molecule has 12 rings (SSSR count). The Hall–Kier alpha value is -7.71. The van der Waals surface area contributed by atoms with Crippen molar-refractivity contribution in [3.8, 4) is 28.4 Å². The fourth-order valence-electron chi connectivity index (χ4n) is 9.93. The normalized spacial score (nSPS) is 13.5. The molecular formula is C61H55Br2Cl2N7O10. The largest absolute Gasteiger partial charge is 0.496 e. The standard InChI is InChI=1S/C26H24ClN3O4.C21H18BrClN2O3.C14H13BrN2O3/c1-15-24(16(2)34-28-15)20-11-18-12-21(25(31)29-9-4-10-29)26(32)30(22(18)13-23(20)33-3)14-17-5-7-19(27)8-6-17;1-28-19-11-18-14(10-17(19)22)9-16(20(26)24-7-2-8-24)21(27)25(18)12-13-3-5-15(23)6-4-13;1-20-12-7-11-8(6-10(12)15)5-9(13(18)16-11)14(19)17-3-2-4-17/h5-8,11-13H,4,9-10,14H2,1-3H3;3-6,9-11H,2,7-8,12H2,1H3;5-7H,2-4H2,1H3,(H,16,18). The number of nitrogens with one attached hydrogen (secondary N) is 1. The number of benzene rings is 5. The van der Waals surface area contributed by atoms with Crippen molar-refractivity contribution in [1.82, 2.24) is 34.0 Å². The van der Waals surface area contributed by atoms with E-state index < -0.39 is 0 Å². The molecule has 3 fully saturated rings. The van der Waals surface area contributed by atoms with Crippen LogP contribution < -0.4 is 30.9 Å². The first-order chi connectivity index (χ1) is 39.4. The van der Waals surface area contributed by atoms with E-state index in [1.165, 1.54) is 0 Å². The minimum atomic E-state index is -0.362. The van der Waals surface area contributed by atoms with Crippen molar-refractivity contribution in [2.45, 2.75) is 46.2 Å². The predicted octanol–water partition coefficient (Wildman–Crippen LogP) is 11.3. The van der Waals surface area contributed by atoms with E-state index in [4.69, 9.17) is 41.9 Å². The number of amides is 3. The van der Waals surface area contributed by atoms with Crippen LogP contribution in [0.4, 0.5) is 0 Å². The molecule has 0 atom stereocenters. The molecule has 17 nitrogen and oxygen atoms in total. The Morgan fingerprint density at radius 1 is 0.561 bits per heavy atom. The van der Waals surface area contributed by atoms with Gasteiger partial charge in [0.1, 0.15) is 39.7 Å². The first-order valence-corrected chi connectivity index (χ1v) is 28.7. The fraction of sp³-hybridized carbons (Fsp3) is 0.262. The van der Waals surface area contributed by atoms with E-state index in [0.717, 1.165) is 85.4 Å². The van der Waals surface area contributed by atoms with E-state index in [9.17, 15) is 28.8 Å². The molecule has 0 aliphatic carbocycles. The van der Waals surface area contributed by atoms with Crippen LogP contribution in [0.25, 0.3) is 43.8 Å². The smallest absolute Gasteiger partial charge is 0.264 e. The lowest BCUT2D eigenvalue weighted by Gasteiger charge is -2.31. The Balaban J connectivity index is 0.000000142. The van der Waals surface area contributed by atoms with Crippen molar-refractivity contribution in [3.63, 3.8) is 0 Å². The lowest BCUT2D eigenvalue weighted by molar-refractivity contribution is 0.0642. The maximum absolute atomic E-state index is 13.6. The summed E-state index contributed by atoms with van der Waals surface area (Å²) < 4.78 is 26.5. The molecule has 3 saturated heterocycles. The third-order valence-electron chi connectivity index (χ3n) is 14.8. The van der Waals surface area contributed by atoms with Crippen molar-refractivity contribution in [2.75, 3.05) is 60.6 Å². The number of aromatic nitrogens is 4. The zero-order chi connectivity index (χ0) is 58.1. The molecule has 0 unspecified atom stereocenters. The third kappa shape index (κ3) is 11.7. The Bertz CT molecular complexity index is 4150. The van der Waals surface area contributed by atoms with E-state index in [1.807, 2.05) is 68.4 Å². The molecular weight excluding hydrogens is 1220 g/mol. The van der Waals surface area contributed by atoms with E-state index in [1.54, 1.807) is 93.7 Å². The molecule has 5 aromatic carbocycles. The maximum atomic E-state index is 13.6. The van der Waals surface area contributed by atoms with E-state index in [0.29, 0.717) is 88.9 Å². The Morgan fingerprint density at radius 3 is 1.40 bits per heavy atom. The summed E-state index contributed by atoms with van der Waals surface area (Å²) in [5, 5.41) is 7.67. The third-order valence-corrected chi connectivity index (χ3v) is 16.6. The number of methoxy groups -OCH3 is 3. The van der Waals surface area contributed by atoms with Gasteiger partial charge < -0.3 is 47.6 Å². The van der Waals surface area contributed by atoms with Crippen LogP contribution in [0.3, 0.4) is 0 Å². The highest BCUT2D eigenvalue weighted by Crippen LogP contribution is 2.38. The summed E-state index contributed by atoms with van der Waals surface area (Å²) in [6.07, 6.45) is 2.92. The van der Waals surface area contributed by atoms with Gasteiger partial charge in [-0.15, -0.1) is 0 Å². The minimum Gasteiger partial charge on any atom is -0.496 e. The molecule has 3 aliphatic rings. The van der Waals surface area contributed by atoms with E-state index >= 15 is 0 Å². The molecule has 0 bridgehead atoms. The van der Waals surface area contributed by atoms with Crippen molar-refractivity contribution in [2.24, 2.45) is 0 Å². The number of hydrogen-bond acceptors (Lipinski definition) is 11. The van der Waals surface area contributed by atoms with Crippen molar-refractivity contribution in [1.29, 1.82) is 0 Å². The number of hydrogen-bond donors (Lipinski definition) is 1. The van der Waals surface area contributed by atoms with E-state index in [-0.39, 0.29) is 51.1 Å². The van der Waals surface area contributed by atoms with Crippen LogP contribution in [0.5, 0.6) is 17.2 Å². The van der Waals surface area contributed by atoms with Crippen LogP contribution in [0.2, 0.25) is 10.0 Å². The molecule has 82 heavy (non-hydrogen) atoms. The molecule has 9 aromatic rings. The minimum absolute atomic E-state index is 0.163. The van der Waals surface area contributed by atoms with Gasteiger partial charge in [-0.25, -0.2) is 0 Å². The topological polar surface area (TPSA) is 192 Å². The van der Waals surface area contributed by atoms with Crippen LogP contribution in [0.15, 0.2) is 131 Å². The molecule has 4 aromatic heterocycles. The summed E-state index contributed by atoms with van der Waals surface area (Å²) >= 11 is 18.9. The number of aryl methyl sites for hydroxylation is 2. The summed E-state index contributed by atoms with van der Waals surface area (Å²) in [6.45, 7) is 8.51. The van der Waals surface area contributed by atoms with Crippen LogP contribution in [0, 0.1) is 13.8 Å². The highest BCUT2D eigenvalue weighted by atomic mass is 79.9.